The summed E-state index contributed by atoms with van der Waals surface area (Å²) in [5.74, 6) is 0. The Kier molecular flexibility index (Phi) is 1.44. The summed E-state index contributed by atoms with van der Waals surface area (Å²) in [6.07, 6.45) is 0. The highest BCUT2D eigenvalue weighted by molar-refractivity contribution is 9.18. The molecular formula is C4H6BrN2. The van der Waals surface area contributed by atoms with E-state index in [2.05, 4.69) is 20.9 Å². The van der Waals surface area contributed by atoms with Crippen molar-refractivity contribution in [1.29, 1.82) is 0 Å². The van der Waals surface area contributed by atoms with Crippen LogP contribution in [0.3, 0.4) is 0 Å². The molecule has 0 atom stereocenters. The molecule has 3 heteroatoms. The van der Waals surface area contributed by atoms with Crippen molar-refractivity contribution in [3.05, 3.63) is 6.67 Å². The third kappa shape index (κ3) is 1.24. The molecule has 1 heterocycles. The summed E-state index contributed by atoms with van der Waals surface area (Å²) in [6, 6.07) is 0. The summed E-state index contributed by atoms with van der Waals surface area (Å²) in [4.78, 5) is 5.96. The van der Waals surface area contributed by atoms with Gasteiger partial charge in [0.25, 0.3) is 0 Å². The lowest BCUT2D eigenvalue weighted by Crippen LogP contribution is -2.11. The Morgan fingerprint density at radius 2 is 2.71 bits per heavy atom. The fourth-order valence-corrected chi connectivity index (χ4v) is 0.936. The molecule has 0 saturated carbocycles. The van der Waals surface area contributed by atoms with E-state index in [1.165, 1.54) is 0 Å². The quantitative estimate of drug-likeness (QED) is 0.515. The van der Waals surface area contributed by atoms with Crippen LogP contribution >= 0.6 is 15.9 Å². The van der Waals surface area contributed by atoms with E-state index in [1.54, 1.807) is 6.67 Å². The molecular weight excluding hydrogens is 156 g/mol. The van der Waals surface area contributed by atoms with Crippen molar-refractivity contribution in [1.82, 2.24) is 4.90 Å². The zero-order chi connectivity index (χ0) is 5.28. The van der Waals surface area contributed by atoms with Gasteiger partial charge in [-0.2, -0.15) is 0 Å². The average molecular weight is 162 g/mol. The maximum atomic E-state index is 3.95. The molecule has 2 nitrogen and oxygen atoms in total. The van der Waals surface area contributed by atoms with Gasteiger partial charge in [0.1, 0.15) is 6.67 Å². The molecule has 1 aliphatic heterocycles. The lowest BCUT2D eigenvalue weighted by molar-refractivity contribution is 0.489. The fourth-order valence-electron chi connectivity index (χ4n) is 0.449. The molecule has 0 saturated heterocycles. The Morgan fingerprint density at radius 3 is 2.86 bits per heavy atom. The average Bonchev–Trinajstić information content (AvgIpc) is 1.87. The lowest BCUT2D eigenvalue weighted by atomic mass is 10.7. The minimum Gasteiger partial charge on any atom is -0.276 e. The van der Waals surface area contributed by atoms with Gasteiger partial charge in [0, 0.05) is 6.54 Å². The lowest BCUT2D eigenvalue weighted by Gasteiger charge is -1.99. The number of nitrogens with zero attached hydrogens (tertiary/aromatic N) is 2. The van der Waals surface area contributed by atoms with Gasteiger partial charge in [-0.25, -0.2) is 0 Å². The molecule has 0 N–H and O–H groups in total. The predicted molar refractivity (Wildman–Crippen MR) is 33.3 cm³/mol. The molecule has 1 aliphatic rings. The van der Waals surface area contributed by atoms with Crippen molar-refractivity contribution in [3.63, 3.8) is 0 Å². The van der Waals surface area contributed by atoms with Gasteiger partial charge in [0.15, 0.2) is 0 Å². The fraction of sp³-hybridized carbons (Fsp3) is 0.500. The van der Waals surface area contributed by atoms with Gasteiger partial charge in [0.2, 0.25) is 0 Å². The van der Waals surface area contributed by atoms with Crippen LogP contribution in [0, 0.1) is 6.67 Å². The first-order chi connectivity index (χ1) is 3.29. The highest BCUT2D eigenvalue weighted by Gasteiger charge is 2.06. The Hall–Kier alpha value is 0.110. The van der Waals surface area contributed by atoms with Gasteiger partial charge in [-0.3, -0.25) is 9.89 Å². The van der Waals surface area contributed by atoms with E-state index in [9.17, 15) is 0 Å². The van der Waals surface area contributed by atoms with Crippen molar-refractivity contribution in [2.24, 2.45) is 4.99 Å². The van der Waals surface area contributed by atoms with Crippen LogP contribution in [0.2, 0.25) is 0 Å². The number of rotatable bonds is 0. The molecule has 39 valence electrons. The van der Waals surface area contributed by atoms with Gasteiger partial charge in [-0.1, -0.05) is 0 Å². The number of hydrogen-bond donors (Lipinski definition) is 0. The van der Waals surface area contributed by atoms with E-state index in [1.807, 2.05) is 11.9 Å². The molecule has 0 amide bonds. The standard InChI is InChI=1S/C4H6BrN2/c1-7-2-4(5)6-3-7/h3H,2H2,1H3. The molecule has 1 rings (SSSR count). The molecule has 0 unspecified atom stereocenters. The summed E-state index contributed by atoms with van der Waals surface area (Å²) < 4.78 is 1.01. The maximum Gasteiger partial charge on any atom is 0.139 e. The largest absolute Gasteiger partial charge is 0.276 e. The monoisotopic (exact) mass is 161 g/mol. The van der Waals surface area contributed by atoms with Crippen LogP contribution < -0.4 is 0 Å². The smallest absolute Gasteiger partial charge is 0.139 e. The first-order valence-electron chi connectivity index (χ1n) is 2.05. The maximum absolute atomic E-state index is 3.95. The van der Waals surface area contributed by atoms with Gasteiger partial charge in [-0.15, -0.1) is 0 Å². The van der Waals surface area contributed by atoms with Crippen LogP contribution in [0.25, 0.3) is 0 Å². The van der Waals surface area contributed by atoms with E-state index >= 15 is 0 Å². The Labute approximate surface area is 51.4 Å². The number of halogens is 1. The normalized spacial score (nSPS) is 22.9. The second kappa shape index (κ2) is 1.92. The van der Waals surface area contributed by atoms with E-state index in [-0.39, 0.29) is 0 Å². The zero-order valence-electron chi connectivity index (χ0n) is 4.06. The first-order valence-corrected chi connectivity index (χ1v) is 2.84. The van der Waals surface area contributed by atoms with E-state index in [4.69, 9.17) is 0 Å². The second-order valence-electron chi connectivity index (χ2n) is 1.54. The Morgan fingerprint density at radius 1 is 2.00 bits per heavy atom. The van der Waals surface area contributed by atoms with Crippen LogP contribution in [0.15, 0.2) is 4.99 Å². The summed E-state index contributed by atoms with van der Waals surface area (Å²) in [7, 11) is 1.98. The minimum atomic E-state index is 0.917. The first kappa shape index (κ1) is 5.25. The molecule has 1 radical (unpaired) electrons. The molecule has 0 bridgehead atoms. The Bertz CT molecular complexity index is 99.9. The number of hydrogen-bond acceptors (Lipinski definition) is 2. The van der Waals surface area contributed by atoms with Crippen molar-refractivity contribution in [2.75, 3.05) is 13.6 Å². The van der Waals surface area contributed by atoms with Gasteiger partial charge >= 0.3 is 0 Å². The van der Waals surface area contributed by atoms with E-state index < -0.39 is 0 Å². The Balaban J connectivity index is 2.42. The molecule has 0 aromatic carbocycles. The summed E-state index contributed by atoms with van der Waals surface area (Å²) >= 11 is 3.26. The summed E-state index contributed by atoms with van der Waals surface area (Å²) in [6.45, 7) is 2.71. The topological polar surface area (TPSA) is 15.6 Å². The molecule has 0 aromatic rings. The van der Waals surface area contributed by atoms with Crippen molar-refractivity contribution >= 4 is 20.6 Å². The van der Waals surface area contributed by atoms with Crippen molar-refractivity contribution in [3.8, 4) is 0 Å². The second-order valence-corrected chi connectivity index (χ2v) is 2.45. The molecule has 7 heavy (non-hydrogen) atoms. The predicted octanol–water partition coefficient (Wildman–Crippen LogP) is 0.844. The van der Waals surface area contributed by atoms with Crippen LogP contribution in [0.5, 0.6) is 0 Å². The highest BCUT2D eigenvalue weighted by atomic mass is 79.9. The summed E-state index contributed by atoms with van der Waals surface area (Å²) in [5.41, 5.74) is 0. The van der Waals surface area contributed by atoms with Crippen LogP contribution in [0.1, 0.15) is 0 Å². The third-order valence-corrected chi connectivity index (χ3v) is 1.23. The number of aliphatic imine (C=N–C) groups is 1. The van der Waals surface area contributed by atoms with Crippen LogP contribution in [0.4, 0.5) is 0 Å². The SMILES string of the molecule is CN1[CH]N=C(Br)C1. The van der Waals surface area contributed by atoms with Crippen LogP contribution in [-0.2, 0) is 0 Å². The van der Waals surface area contributed by atoms with Crippen LogP contribution in [-0.4, -0.2) is 23.1 Å². The van der Waals surface area contributed by atoms with Gasteiger partial charge in [0.05, 0.1) is 4.62 Å². The molecule has 0 spiro atoms. The van der Waals surface area contributed by atoms with Gasteiger partial charge < -0.3 is 0 Å². The molecule has 0 aromatic heterocycles. The third-order valence-electron chi connectivity index (χ3n) is 0.775. The van der Waals surface area contributed by atoms with Crippen molar-refractivity contribution < 1.29 is 0 Å². The minimum absolute atomic E-state index is 0.917. The molecule has 0 fully saturated rings. The zero-order valence-corrected chi connectivity index (χ0v) is 5.64. The molecule has 0 aliphatic carbocycles. The van der Waals surface area contributed by atoms with E-state index in [0.717, 1.165) is 11.2 Å². The van der Waals surface area contributed by atoms with Crippen molar-refractivity contribution in [2.45, 2.75) is 0 Å². The highest BCUT2D eigenvalue weighted by Crippen LogP contribution is 2.04. The van der Waals surface area contributed by atoms with E-state index in [0.29, 0.717) is 0 Å². The van der Waals surface area contributed by atoms with Gasteiger partial charge in [-0.05, 0) is 23.0 Å². The summed E-state index contributed by atoms with van der Waals surface area (Å²) in [5, 5.41) is 0.